The molecule has 1 aromatic rings. The van der Waals surface area contributed by atoms with Crippen molar-refractivity contribution in [2.45, 2.75) is 49.9 Å². The summed E-state index contributed by atoms with van der Waals surface area (Å²) in [6.07, 6.45) is 5.11. The predicted molar refractivity (Wildman–Crippen MR) is 127 cm³/mol. The maximum atomic E-state index is 6.20. The molecule has 32 heavy (non-hydrogen) atoms. The van der Waals surface area contributed by atoms with E-state index in [0.29, 0.717) is 6.04 Å². The standard InChI is InChI=1S/C25H39N5O2/c1-26-24(27-20-25(9-14-31-15-10-25)30-11-5-6-12-30)29-18-22-23(19-29)32-16-13-28(22)17-21-7-3-2-4-8-21/h2-4,7-8,22-23H,5-6,9-20H2,1H3,(H,26,27). The third-order valence-electron chi connectivity index (χ3n) is 7.93. The van der Waals surface area contributed by atoms with E-state index >= 15 is 0 Å². The van der Waals surface area contributed by atoms with Gasteiger partial charge in [0.1, 0.15) is 0 Å². The fourth-order valence-corrected chi connectivity index (χ4v) is 6.07. The van der Waals surface area contributed by atoms with Gasteiger partial charge in [-0.3, -0.25) is 14.8 Å². The monoisotopic (exact) mass is 441 g/mol. The summed E-state index contributed by atoms with van der Waals surface area (Å²) in [5.41, 5.74) is 1.58. The SMILES string of the molecule is CN=C(NCC1(N2CCCC2)CCOCC1)N1CC2OCCN(Cc3ccccc3)C2C1. The first-order chi connectivity index (χ1) is 15.8. The number of aliphatic imine (C=N–C) groups is 1. The van der Waals surface area contributed by atoms with Crippen LogP contribution in [0, 0.1) is 0 Å². The smallest absolute Gasteiger partial charge is 0.193 e. The van der Waals surface area contributed by atoms with Gasteiger partial charge in [0.05, 0.1) is 18.8 Å². The second-order valence-electron chi connectivity index (χ2n) is 9.77. The summed E-state index contributed by atoms with van der Waals surface area (Å²) < 4.78 is 11.9. The van der Waals surface area contributed by atoms with Crippen molar-refractivity contribution in [3.63, 3.8) is 0 Å². The number of ether oxygens (including phenoxy) is 2. The minimum Gasteiger partial charge on any atom is -0.381 e. The lowest BCUT2D eigenvalue weighted by Crippen LogP contribution is -2.59. The number of hydrogen-bond acceptors (Lipinski definition) is 5. The number of hydrogen-bond donors (Lipinski definition) is 1. The van der Waals surface area contributed by atoms with E-state index in [9.17, 15) is 0 Å². The number of fused-ring (bicyclic) bond motifs is 1. The highest BCUT2D eigenvalue weighted by molar-refractivity contribution is 5.80. The molecule has 7 nitrogen and oxygen atoms in total. The van der Waals surface area contributed by atoms with E-state index in [1.165, 1.54) is 31.5 Å². The van der Waals surface area contributed by atoms with Crippen LogP contribution in [0.2, 0.25) is 0 Å². The quantitative estimate of drug-likeness (QED) is 0.556. The van der Waals surface area contributed by atoms with E-state index in [2.05, 4.69) is 55.3 Å². The molecule has 1 N–H and O–H groups in total. The second kappa shape index (κ2) is 10.1. The van der Waals surface area contributed by atoms with Gasteiger partial charge in [-0.25, -0.2) is 0 Å². The normalized spacial score (nSPS) is 29.3. The largest absolute Gasteiger partial charge is 0.381 e. The summed E-state index contributed by atoms with van der Waals surface area (Å²) in [7, 11) is 1.92. The summed E-state index contributed by atoms with van der Waals surface area (Å²) in [5.74, 6) is 1.02. The van der Waals surface area contributed by atoms with Crippen LogP contribution in [0.3, 0.4) is 0 Å². The number of guanidine groups is 1. The van der Waals surface area contributed by atoms with Crippen LogP contribution in [0.5, 0.6) is 0 Å². The first-order valence-corrected chi connectivity index (χ1v) is 12.5. The first kappa shape index (κ1) is 22.1. The van der Waals surface area contributed by atoms with Gasteiger partial charge in [-0.2, -0.15) is 0 Å². The Kier molecular flexibility index (Phi) is 6.97. The van der Waals surface area contributed by atoms with E-state index in [4.69, 9.17) is 9.47 Å². The molecule has 4 saturated heterocycles. The minimum absolute atomic E-state index is 0.201. The van der Waals surface area contributed by atoms with Gasteiger partial charge in [-0.15, -0.1) is 0 Å². The summed E-state index contributed by atoms with van der Waals surface area (Å²) in [6, 6.07) is 11.2. The highest BCUT2D eigenvalue weighted by atomic mass is 16.5. The Bertz CT molecular complexity index is 761. The van der Waals surface area contributed by atoms with Crippen molar-refractivity contribution in [2.75, 3.05) is 66.1 Å². The van der Waals surface area contributed by atoms with Crippen molar-refractivity contribution < 1.29 is 9.47 Å². The average molecular weight is 442 g/mol. The molecule has 0 bridgehead atoms. The van der Waals surface area contributed by atoms with Crippen LogP contribution >= 0.6 is 0 Å². The molecule has 0 aliphatic carbocycles. The van der Waals surface area contributed by atoms with Gasteiger partial charge in [-0.05, 0) is 44.3 Å². The molecule has 1 aromatic carbocycles. The first-order valence-electron chi connectivity index (χ1n) is 12.5. The molecular weight excluding hydrogens is 402 g/mol. The molecule has 0 radical (unpaired) electrons. The van der Waals surface area contributed by atoms with E-state index in [1.54, 1.807) is 0 Å². The Morgan fingerprint density at radius 2 is 1.84 bits per heavy atom. The van der Waals surface area contributed by atoms with E-state index in [-0.39, 0.29) is 11.6 Å². The Morgan fingerprint density at radius 1 is 1.06 bits per heavy atom. The van der Waals surface area contributed by atoms with Crippen LogP contribution in [0.15, 0.2) is 35.3 Å². The van der Waals surface area contributed by atoms with Crippen LogP contribution < -0.4 is 5.32 Å². The van der Waals surface area contributed by atoms with Gasteiger partial charge in [-0.1, -0.05) is 30.3 Å². The van der Waals surface area contributed by atoms with Crippen LogP contribution in [-0.4, -0.2) is 104 Å². The maximum Gasteiger partial charge on any atom is 0.193 e. The number of likely N-dealkylation sites (tertiary alicyclic amines) is 2. The molecule has 2 unspecified atom stereocenters. The molecule has 0 spiro atoms. The highest BCUT2D eigenvalue weighted by Crippen LogP contribution is 2.31. The summed E-state index contributed by atoms with van der Waals surface area (Å²) in [4.78, 5) is 12.4. The number of rotatable bonds is 5. The molecule has 4 fully saturated rings. The Labute approximate surface area is 192 Å². The topological polar surface area (TPSA) is 52.6 Å². The second-order valence-corrected chi connectivity index (χ2v) is 9.77. The molecule has 0 amide bonds. The number of nitrogens with zero attached hydrogens (tertiary/aromatic N) is 4. The average Bonchev–Trinajstić information content (AvgIpc) is 3.52. The zero-order valence-electron chi connectivity index (χ0n) is 19.5. The predicted octanol–water partition coefficient (Wildman–Crippen LogP) is 1.79. The Hall–Kier alpha value is -1.67. The number of benzene rings is 1. The fraction of sp³-hybridized carbons (Fsp3) is 0.720. The maximum absolute atomic E-state index is 6.20. The molecule has 5 rings (SSSR count). The molecule has 0 saturated carbocycles. The number of nitrogens with one attached hydrogen (secondary N) is 1. The highest BCUT2D eigenvalue weighted by Gasteiger charge is 2.43. The summed E-state index contributed by atoms with van der Waals surface area (Å²) in [5, 5.41) is 3.78. The van der Waals surface area contributed by atoms with Gasteiger partial charge in [0.2, 0.25) is 0 Å². The zero-order valence-corrected chi connectivity index (χ0v) is 19.5. The van der Waals surface area contributed by atoms with Crippen LogP contribution in [0.25, 0.3) is 0 Å². The molecule has 176 valence electrons. The van der Waals surface area contributed by atoms with Crippen LogP contribution in [-0.2, 0) is 16.0 Å². The summed E-state index contributed by atoms with van der Waals surface area (Å²) in [6.45, 7) is 9.80. The molecular formula is C25H39N5O2. The fourth-order valence-electron chi connectivity index (χ4n) is 6.07. The van der Waals surface area contributed by atoms with Gasteiger partial charge in [0.15, 0.2) is 5.96 Å². The lowest BCUT2D eigenvalue weighted by atomic mass is 9.88. The molecule has 4 aliphatic heterocycles. The van der Waals surface area contributed by atoms with Gasteiger partial charge in [0.25, 0.3) is 0 Å². The molecule has 7 heteroatoms. The van der Waals surface area contributed by atoms with Crippen molar-refractivity contribution in [2.24, 2.45) is 4.99 Å². The number of morpholine rings is 1. The summed E-state index contributed by atoms with van der Waals surface area (Å²) >= 11 is 0. The Morgan fingerprint density at radius 3 is 2.59 bits per heavy atom. The zero-order chi connectivity index (χ0) is 21.8. The molecule has 4 aliphatic rings. The van der Waals surface area contributed by atoms with Crippen molar-refractivity contribution in [1.29, 1.82) is 0 Å². The van der Waals surface area contributed by atoms with Crippen molar-refractivity contribution in [3.8, 4) is 0 Å². The molecule has 4 heterocycles. The van der Waals surface area contributed by atoms with Crippen molar-refractivity contribution >= 4 is 5.96 Å². The van der Waals surface area contributed by atoms with Crippen molar-refractivity contribution in [3.05, 3.63) is 35.9 Å². The van der Waals surface area contributed by atoms with E-state index in [1.807, 2.05) is 7.05 Å². The lowest BCUT2D eigenvalue weighted by molar-refractivity contribution is -0.0502. The third-order valence-corrected chi connectivity index (χ3v) is 7.93. The van der Waals surface area contributed by atoms with E-state index < -0.39 is 0 Å². The van der Waals surface area contributed by atoms with Crippen molar-refractivity contribution in [1.82, 2.24) is 20.0 Å². The molecule has 0 aromatic heterocycles. The van der Waals surface area contributed by atoms with Gasteiger partial charge in [0, 0.05) is 58.5 Å². The van der Waals surface area contributed by atoms with Crippen LogP contribution in [0.4, 0.5) is 0 Å². The lowest BCUT2D eigenvalue weighted by Gasteiger charge is -2.45. The molecule has 2 atom stereocenters. The van der Waals surface area contributed by atoms with Gasteiger partial charge < -0.3 is 19.7 Å². The Balaban J connectivity index is 1.23. The van der Waals surface area contributed by atoms with E-state index in [0.717, 1.165) is 71.3 Å². The van der Waals surface area contributed by atoms with Crippen LogP contribution in [0.1, 0.15) is 31.2 Å². The third kappa shape index (κ3) is 4.67. The minimum atomic E-state index is 0.201. The van der Waals surface area contributed by atoms with Gasteiger partial charge >= 0.3 is 0 Å².